The lowest BCUT2D eigenvalue weighted by molar-refractivity contribution is 0.563. The fourth-order valence-electron chi connectivity index (χ4n) is 2.75. The minimum Gasteiger partial charge on any atom is -0.0843 e. The molecule has 0 fully saturated rings. The summed E-state index contributed by atoms with van der Waals surface area (Å²) in [5.74, 6) is 0.442. The summed E-state index contributed by atoms with van der Waals surface area (Å²) in [7, 11) is 0. The highest BCUT2D eigenvalue weighted by Crippen LogP contribution is 2.33. The van der Waals surface area contributed by atoms with Gasteiger partial charge in [-0.1, -0.05) is 83.5 Å². The van der Waals surface area contributed by atoms with Crippen LogP contribution in [0.4, 0.5) is 0 Å². The van der Waals surface area contributed by atoms with Crippen molar-refractivity contribution in [1.29, 1.82) is 0 Å². The maximum Gasteiger partial charge on any atom is 0.0455 e. The maximum absolute atomic E-state index is 6.44. The number of hydrogen-bond donors (Lipinski definition) is 0. The van der Waals surface area contributed by atoms with Gasteiger partial charge in [0.2, 0.25) is 0 Å². The SMILES string of the molecule is CCCCCC(Cc1ccc(Br)cc1)c1ccc(Cl)cc1Cl. The highest BCUT2D eigenvalue weighted by Gasteiger charge is 2.15. The summed E-state index contributed by atoms with van der Waals surface area (Å²) in [4.78, 5) is 0. The second kappa shape index (κ2) is 8.96. The van der Waals surface area contributed by atoms with Crippen molar-refractivity contribution in [3.05, 3.63) is 68.1 Å². The molecular weight excluding hydrogens is 379 g/mol. The van der Waals surface area contributed by atoms with Gasteiger partial charge in [0.05, 0.1) is 0 Å². The van der Waals surface area contributed by atoms with Gasteiger partial charge in [-0.2, -0.15) is 0 Å². The van der Waals surface area contributed by atoms with E-state index in [1.54, 1.807) is 0 Å². The molecule has 0 aliphatic carbocycles. The van der Waals surface area contributed by atoms with Crippen molar-refractivity contribution in [3.8, 4) is 0 Å². The number of unbranched alkanes of at least 4 members (excludes halogenated alkanes) is 2. The molecule has 0 N–H and O–H groups in total. The van der Waals surface area contributed by atoms with Gasteiger partial charge in [-0.15, -0.1) is 0 Å². The molecule has 0 bridgehead atoms. The molecule has 1 unspecified atom stereocenters. The third-order valence-corrected chi connectivity index (χ3v) is 5.04. The van der Waals surface area contributed by atoms with Crippen LogP contribution in [-0.4, -0.2) is 0 Å². The molecule has 0 radical (unpaired) electrons. The average Bonchev–Trinajstić information content (AvgIpc) is 2.49. The van der Waals surface area contributed by atoms with Crippen LogP contribution in [0.25, 0.3) is 0 Å². The zero-order valence-electron chi connectivity index (χ0n) is 12.8. The van der Waals surface area contributed by atoms with Crippen LogP contribution in [0, 0.1) is 0 Å². The van der Waals surface area contributed by atoms with Gasteiger partial charge in [0.15, 0.2) is 0 Å². The Labute approximate surface area is 152 Å². The first kappa shape index (κ1) is 17.8. The molecule has 2 aromatic rings. The molecule has 0 heterocycles. The van der Waals surface area contributed by atoms with Crippen molar-refractivity contribution in [3.63, 3.8) is 0 Å². The number of hydrogen-bond acceptors (Lipinski definition) is 0. The zero-order chi connectivity index (χ0) is 15.9. The first-order valence-electron chi connectivity index (χ1n) is 7.79. The smallest absolute Gasteiger partial charge is 0.0455 e. The van der Waals surface area contributed by atoms with Gasteiger partial charge in [0.25, 0.3) is 0 Å². The van der Waals surface area contributed by atoms with E-state index in [-0.39, 0.29) is 0 Å². The summed E-state index contributed by atoms with van der Waals surface area (Å²) >= 11 is 16.0. The van der Waals surface area contributed by atoms with E-state index in [0.717, 1.165) is 22.3 Å². The lowest BCUT2D eigenvalue weighted by atomic mass is 9.87. The molecule has 0 aromatic heterocycles. The minimum absolute atomic E-state index is 0.442. The fraction of sp³-hybridized carbons (Fsp3) is 0.368. The van der Waals surface area contributed by atoms with Crippen molar-refractivity contribution in [2.24, 2.45) is 0 Å². The third kappa shape index (κ3) is 5.30. The highest BCUT2D eigenvalue weighted by molar-refractivity contribution is 9.10. The van der Waals surface area contributed by atoms with E-state index in [1.165, 1.54) is 30.4 Å². The van der Waals surface area contributed by atoms with Gasteiger partial charge in [0.1, 0.15) is 0 Å². The topological polar surface area (TPSA) is 0 Å². The van der Waals surface area contributed by atoms with Crippen LogP contribution in [0.3, 0.4) is 0 Å². The van der Waals surface area contributed by atoms with Gasteiger partial charge in [-0.3, -0.25) is 0 Å². The molecule has 2 rings (SSSR count). The van der Waals surface area contributed by atoms with Gasteiger partial charge in [-0.25, -0.2) is 0 Å². The quantitative estimate of drug-likeness (QED) is 0.419. The van der Waals surface area contributed by atoms with E-state index in [9.17, 15) is 0 Å². The number of benzene rings is 2. The molecule has 0 spiro atoms. The van der Waals surface area contributed by atoms with Crippen molar-refractivity contribution in [1.82, 2.24) is 0 Å². The van der Waals surface area contributed by atoms with Crippen molar-refractivity contribution >= 4 is 39.1 Å². The van der Waals surface area contributed by atoms with Crippen molar-refractivity contribution in [2.75, 3.05) is 0 Å². The fourth-order valence-corrected chi connectivity index (χ4v) is 3.57. The van der Waals surface area contributed by atoms with Crippen LogP contribution >= 0.6 is 39.1 Å². The second-order valence-electron chi connectivity index (χ2n) is 5.69. The average molecular weight is 400 g/mol. The Balaban J connectivity index is 2.19. The van der Waals surface area contributed by atoms with E-state index < -0.39 is 0 Å². The van der Waals surface area contributed by atoms with Crippen molar-refractivity contribution in [2.45, 2.75) is 44.9 Å². The summed E-state index contributed by atoms with van der Waals surface area (Å²) < 4.78 is 1.11. The Kier molecular flexibility index (Phi) is 7.27. The number of rotatable bonds is 7. The van der Waals surface area contributed by atoms with Crippen LogP contribution in [0.1, 0.15) is 49.7 Å². The Morgan fingerprint density at radius 2 is 1.73 bits per heavy atom. The predicted octanol–water partition coefficient (Wildman–Crippen LogP) is 7.66. The van der Waals surface area contributed by atoms with Crippen LogP contribution in [-0.2, 0) is 6.42 Å². The van der Waals surface area contributed by atoms with Crippen LogP contribution in [0.15, 0.2) is 46.9 Å². The van der Waals surface area contributed by atoms with E-state index in [4.69, 9.17) is 23.2 Å². The Bertz CT molecular complexity index is 593. The molecule has 3 heteroatoms. The van der Waals surface area contributed by atoms with E-state index in [0.29, 0.717) is 10.9 Å². The molecular formula is C19H21BrCl2. The Morgan fingerprint density at radius 3 is 2.36 bits per heavy atom. The molecule has 22 heavy (non-hydrogen) atoms. The molecule has 0 amide bonds. The molecule has 0 aliphatic heterocycles. The third-order valence-electron chi connectivity index (χ3n) is 3.95. The highest BCUT2D eigenvalue weighted by atomic mass is 79.9. The van der Waals surface area contributed by atoms with Gasteiger partial charge < -0.3 is 0 Å². The van der Waals surface area contributed by atoms with E-state index >= 15 is 0 Å². The van der Waals surface area contributed by atoms with Gasteiger partial charge in [-0.05, 0) is 54.2 Å². The lowest BCUT2D eigenvalue weighted by Gasteiger charge is -2.19. The molecule has 0 saturated heterocycles. The van der Waals surface area contributed by atoms with Gasteiger partial charge in [0, 0.05) is 14.5 Å². The molecule has 0 aliphatic rings. The molecule has 0 saturated carbocycles. The normalized spacial score (nSPS) is 12.4. The zero-order valence-corrected chi connectivity index (χ0v) is 15.9. The lowest BCUT2D eigenvalue weighted by Crippen LogP contribution is -2.04. The van der Waals surface area contributed by atoms with E-state index in [2.05, 4.69) is 53.2 Å². The summed E-state index contributed by atoms with van der Waals surface area (Å²) in [5.41, 5.74) is 2.56. The first-order chi connectivity index (χ1) is 10.6. The van der Waals surface area contributed by atoms with Crippen LogP contribution < -0.4 is 0 Å². The predicted molar refractivity (Wildman–Crippen MR) is 101 cm³/mol. The minimum atomic E-state index is 0.442. The Hall–Kier alpha value is -0.500. The monoisotopic (exact) mass is 398 g/mol. The molecule has 1 atom stereocenters. The largest absolute Gasteiger partial charge is 0.0843 e. The standard InChI is InChI=1S/C19H21BrCl2/c1-2-3-4-5-15(12-14-6-8-16(20)9-7-14)18-11-10-17(21)13-19(18)22/h6-11,13,15H,2-5,12H2,1H3. The molecule has 0 nitrogen and oxygen atoms in total. The summed E-state index contributed by atoms with van der Waals surface area (Å²) in [6.07, 6.45) is 5.90. The number of halogens is 3. The van der Waals surface area contributed by atoms with Crippen LogP contribution in [0.5, 0.6) is 0 Å². The van der Waals surface area contributed by atoms with Crippen molar-refractivity contribution < 1.29 is 0 Å². The van der Waals surface area contributed by atoms with Gasteiger partial charge >= 0.3 is 0 Å². The molecule has 118 valence electrons. The second-order valence-corrected chi connectivity index (χ2v) is 7.45. The summed E-state index contributed by atoms with van der Waals surface area (Å²) in [5, 5.41) is 1.48. The maximum atomic E-state index is 6.44. The van der Waals surface area contributed by atoms with Crippen LogP contribution in [0.2, 0.25) is 10.0 Å². The first-order valence-corrected chi connectivity index (χ1v) is 9.34. The molecule has 2 aromatic carbocycles. The Morgan fingerprint density at radius 1 is 1.00 bits per heavy atom. The summed E-state index contributed by atoms with van der Waals surface area (Å²) in [6, 6.07) is 14.4. The van der Waals surface area contributed by atoms with E-state index in [1.807, 2.05) is 12.1 Å². The summed E-state index contributed by atoms with van der Waals surface area (Å²) in [6.45, 7) is 2.24.